The second-order valence-corrected chi connectivity index (χ2v) is 5.00. The van der Waals surface area contributed by atoms with Gasteiger partial charge in [0.15, 0.2) is 0 Å². The van der Waals surface area contributed by atoms with Gasteiger partial charge in [0.05, 0.1) is 16.8 Å². The predicted octanol–water partition coefficient (Wildman–Crippen LogP) is 3.64. The van der Waals surface area contributed by atoms with Crippen LogP contribution in [0.5, 0.6) is 0 Å². The molecular formula is C14H13ClFNO. The van der Waals surface area contributed by atoms with Crippen LogP contribution in [0.4, 0.5) is 4.39 Å². The van der Waals surface area contributed by atoms with E-state index in [1.807, 2.05) is 16.8 Å². The molecule has 1 aliphatic carbocycles. The van der Waals surface area contributed by atoms with E-state index in [1.165, 1.54) is 12.1 Å². The Balaban J connectivity index is 2.12. The minimum Gasteiger partial charge on any atom is -0.388 e. The Hall–Kier alpha value is -1.32. The monoisotopic (exact) mass is 265 g/mol. The summed E-state index contributed by atoms with van der Waals surface area (Å²) >= 11 is 6.08. The maximum atomic E-state index is 13.1. The summed E-state index contributed by atoms with van der Waals surface area (Å²) in [6.45, 7) is 0. The highest BCUT2D eigenvalue weighted by atomic mass is 35.5. The summed E-state index contributed by atoms with van der Waals surface area (Å²) in [4.78, 5) is 0. The first kappa shape index (κ1) is 11.8. The first-order valence-electron chi connectivity index (χ1n) is 6.00. The highest BCUT2D eigenvalue weighted by Gasteiger charge is 2.22. The van der Waals surface area contributed by atoms with Crippen LogP contribution in [0.25, 0.3) is 5.69 Å². The molecule has 94 valence electrons. The largest absolute Gasteiger partial charge is 0.388 e. The molecule has 3 rings (SSSR count). The van der Waals surface area contributed by atoms with E-state index in [1.54, 1.807) is 6.07 Å². The number of benzene rings is 1. The van der Waals surface area contributed by atoms with E-state index in [-0.39, 0.29) is 5.82 Å². The third-order valence-corrected chi connectivity index (χ3v) is 3.75. The van der Waals surface area contributed by atoms with Crippen molar-refractivity contribution < 1.29 is 9.50 Å². The summed E-state index contributed by atoms with van der Waals surface area (Å²) in [5.74, 6) is -0.343. The third-order valence-electron chi connectivity index (χ3n) is 3.45. The molecule has 18 heavy (non-hydrogen) atoms. The normalized spacial score (nSPS) is 18.7. The zero-order valence-electron chi connectivity index (χ0n) is 9.74. The molecule has 1 aliphatic rings. The van der Waals surface area contributed by atoms with Crippen LogP contribution in [0.1, 0.15) is 30.2 Å². The molecule has 0 saturated heterocycles. The lowest BCUT2D eigenvalue weighted by Gasteiger charge is -2.20. The average Bonchev–Trinajstić information content (AvgIpc) is 2.74. The van der Waals surface area contributed by atoms with Crippen molar-refractivity contribution in [3.05, 3.63) is 52.6 Å². The molecule has 0 radical (unpaired) electrons. The highest BCUT2D eigenvalue weighted by molar-refractivity contribution is 6.32. The maximum absolute atomic E-state index is 13.1. The van der Waals surface area contributed by atoms with Crippen LogP contribution in [0.2, 0.25) is 5.02 Å². The quantitative estimate of drug-likeness (QED) is 0.837. The minimum absolute atomic E-state index is 0.343. The van der Waals surface area contributed by atoms with Gasteiger partial charge in [-0.1, -0.05) is 11.6 Å². The lowest BCUT2D eigenvalue weighted by molar-refractivity contribution is 0.156. The molecule has 0 saturated carbocycles. The second-order valence-electron chi connectivity index (χ2n) is 4.59. The molecule has 0 spiro atoms. The van der Waals surface area contributed by atoms with Crippen LogP contribution >= 0.6 is 11.6 Å². The van der Waals surface area contributed by atoms with E-state index in [4.69, 9.17) is 11.6 Å². The zero-order valence-corrected chi connectivity index (χ0v) is 10.5. The lowest BCUT2D eigenvalue weighted by atomic mass is 9.95. The number of aliphatic hydroxyl groups is 1. The molecule has 0 bridgehead atoms. The molecule has 2 aromatic rings. The number of rotatable bonds is 1. The van der Waals surface area contributed by atoms with Crippen molar-refractivity contribution in [1.82, 2.24) is 4.57 Å². The Morgan fingerprint density at radius 2 is 2.17 bits per heavy atom. The van der Waals surface area contributed by atoms with Crippen molar-refractivity contribution in [2.45, 2.75) is 25.4 Å². The number of fused-ring (bicyclic) bond motifs is 1. The van der Waals surface area contributed by atoms with Crippen molar-refractivity contribution >= 4 is 11.6 Å². The Morgan fingerprint density at radius 1 is 1.33 bits per heavy atom. The van der Waals surface area contributed by atoms with E-state index >= 15 is 0 Å². The number of aromatic nitrogens is 1. The van der Waals surface area contributed by atoms with Gasteiger partial charge in [0.2, 0.25) is 0 Å². The summed E-state index contributed by atoms with van der Waals surface area (Å²) in [7, 11) is 0. The first-order valence-corrected chi connectivity index (χ1v) is 6.38. The smallest absolute Gasteiger partial charge is 0.124 e. The Morgan fingerprint density at radius 3 is 2.94 bits per heavy atom. The van der Waals surface area contributed by atoms with Crippen LogP contribution < -0.4 is 0 Å². The number of hydrogen-bond donors (Lipinski definition) is 1. The van der Waals surface area contributed by atoms with Gasteiger partial charge in [0.1, 0.15) is 5.82 Å². The van der Waals surface area contributed by atoms with Crippen molar-refractivity contribution in [2.24, 2.45) is 0 Å². The SMILES string of the molecule is OC1CCCc2c1ccn2-c1ccc(F)cc1Cl. The standard InChI is InChI=1S/C14H13ClFNO/c15-11-8-9(16)4-5-13(11)17-7-6-10-12(17)2-1-3-14(10)18/h4-8,14,18H,1-3H2. The molecule has 1 atom stereocenters. The van der Waals surface area contributed by atoms with E-state index < -0.39 is 6.10 Å². The fourth-order valence-electron chi connectivity index (χ4n) is 2.57. The van der Waals surface area contributed by atoms with Crippen molar-refractivity contribution in [3.8, 4) is 5.69 Å². The van der Waals surface area contributed by atoms with E-state index in [2.05, 4.69) is 0 Å². The molecule has 1 N–H and O–H groups in total. The molecule has 2 nitrogen and oxygen atoms in total. The van der Waals surface area contributed by atoms with Crippen LogP contribution in [0, 0.1) is 5.82 Å². The van der Waals surface area contributed by atoms with Gasteiger partial charge in [-0.3, -0.25) is 0 Å². The van der Waals surface area contributed by atoms with Crippen LogP contribution in [0.15, 0.2) is 30.5 Å². The number of aliphatic hydroxyl groups excluding tert-OH is 1. The Bertz CT molecular complexity index is 593. The molecule has 1 aromatic carbocycles. The summed E-state index contributed by atoms with van der Waals surface area (Å²) in [6.07, 6.45) is 4.16. The van der Waals surface area contributed by atoms with E-state index in [0.717, 1.165) is 36.2 Å². The van der Waals surface area contributed by atoms with Crippen LogP contribution in [-0.4, -0.2) is 9.67 Å². The number of hydrogen-bond acceptors (Lipinski definition) is 1. The summed E-state index contributed by atoms with van der Waals surface area (Å²) < 4.78 is 15.0. The first-order chi connectivity index (χ1) is 8.66. The summed E-state index contributed by atoms with van der Waals surface area (Å²) in [5, 5.41) is 10.3. The lowest BCUT2D eigenvalue weighted by Crippen LogP contribution is -2.11. The van der Waals surface area contributed by atoms with Crippen LogP contribution in [0.3, 0.4) is 0 Å². The molecule has 4 heteroatoms. The van der Waals surface area contributed by atoms with Gasteiger partial charge in [-0.15, -0.1) is 0 Å². The fraction of sp³-hybridized carbons (Fsp3) is 0.286. The van der Waals surface area contributed by atoms with Gasteiger partial charge in [0.25, 0.3) is 0 Å². The Labute approximate surface area is 110 Å². The van der Waals surface area contributed by atoms with Gasteiger partial charge in [0, 0.05) is 17.5 Å². The summed E-state index contributed by atoms with van der Waals surface area (Å²) in [6, 6.07) is 6.28. The highest BCUT2D eigenvalue weighted by Crippen LogP contribution is 2.33. The van der Waals surface area contributed by atoms with Crippen molar-refractivity contribution in [2.75, 3.05) is 0 Å². The van der Waals surface area contributed by atoms with Gasteiger partial charge < -0.3 is 9.67 Å². The summed E-state index contributed by atoms with van der Waals surface area (Å²) in [5.41, 5.74) is 2.79. The third kappa shape index (κ3) is 1.84. The van der Waals surface area contributed by atoms with E-state index in [0.29, 0.717) is 5.02 Å². The second kappa shape index (κ2) is 4.41. The van der Waals surface area contributed by atoms with Crippen molar-refractivity contribution in [3.63, 3.8) is 0 Å². The topological polar surface area (TPSA) is 25.2 Å². The Kier molecular flexibility index (Phi) is 2.88. The predicted molar refractivity (Wildman–Crippen MR) is 68.6 cm³/mol. The molecule has 1 unspecified atom stereocenters. The molecule has 0 amide bonds. The van der Waals surface area contributed by atoms with Crippen LogP contribution in [-0.2, 0) is 6.42 Å². The minimum atomic E-state index is -0.394. The molecule has 1 aromatic heterocycles. The van der Waals surface area contributed by atoms with Gasteiger partial charge in [-0.2, -0.15) is 0 Å². The molecule has 1 heterocycles. The zero-order chi connectivity index (χ0) is 12.7. The van der Waals surface area contributed by atoms with Crippen molar-refractivity contribution in [1.29, 1.82) is 0 Å². The molecule has 0 aliphatic heterocycles. The molecule has 0 fully saturated rings. The van der Waals surface area contributed by atoms with Gasteiger partial charge in [-0.05, 0) is 43.5 Å². The van der Waals surface area contributed by atoms with E-state index in [9.17, 15) is 9.50 Å². The number of halogens is 2. The molecular weight excluding hydrogens is 253 g/mol. The van der Waals surface area contributed by atoms with Gasteiger partial charge in [-0.25, -0.2) is 4.39 Å². The average molecular weight is 266 g/mol. The number of nitrogens with zero attached hydrogens (tertiary/aromatic N) is 1. The fourth-order valence-corrected chi connectivity index (χ4v) is 2.83. The maximum Gasteiger partial charge on any atom is 0.124 e. The van der Waals surface area contributed by atoms with Gasteiger partial charge >= 0.3 is 0 Å².